The Labute approximate surface area is 404 Å². The molecule has 0 radical (unpaired) electrons. The highest BCUT2D eigenvalue weighted by Gasteiger charge is 2.54. The Morgan fingerprint density at radius 2 is 0.971 bits per heavy atom. The number of esters is 2. The number of ether oxygens (including phenoxy) is 2. The molecular formula is C49H84O17P2. The van der Waals surface area contributed by atoms with Crippen molar-refractivity contribution in [1.82, 2.24) is 0 Å². The van der Waals surface area contributed by atoms with Crippen LogP contribution >= 0.6 is 15.6 Å². The number of allylic oxidation sites excluding steroid dienone is 12. The maximum atomic E-state index is 13.0. The van der Waals surface area contributed by atoms with Crippen LogP contribution in [0.2, 0.25) is 0 Å². The quantitative estimate of drug-likeness (QED) is 0.0123. The Morgan fingerprint density at radius 3 is 1.49 bits per heavy atom. The topological polar surface area (TPSA) is 276 Å². The molecule has 0 spiro atoms. The summed E-state index contributed by atoms with van der Waals surface area (Å²) in [6.45, 7) is 2.58. The van der Waals surface area contributed by atoms with Gasteiger partial charge in [-0.05, 0) is 96.8 Å². The van der Waals surface area contributed by atoms with Crippen LogP contribution in [0.15, 0.2) is 72.9 Å². The lowest BCUT2D eigenvalue weighted by molar-refractivity contribution is -0.216. The van der Waals surface area contributed by atoms with Gasteiger partial charge in [-0.1, -0.05) is 125 Å². The van der Waals surface area contributed by atoms with Gasteiger partial charge in [-0.2, -0.15) is 0 Å². The van der Waals surface area contributed by atoms with Crippen LogP contribution in [-0.2, 0) is 41.8 Å². The summed E-state index contributed by atoms with van der Waals surface area (Å²) in [4.78, 5) is 54.3. The number of phosphoric acid groups is 2. The summed E-state index contributed by atoms with van der Waals surface area (Å²) in [7, 11) is -10.7. The third kappa shape index (κ3) is 33.8. The summed E-state index contributed by atoms with van der Waals surface area (Å²) in [5.74, 6) is -1.30. The molecule has 392 valence electrons. The molecular weight excluding hydrogens is 922 g/mol. The smallest absolute Gasteiger partial charge is 0.462 e. The molecule has 1 fully saturated rings. The van der Waals surface area contributed by atoms with E-state index in [9.17, 15) is 58.9 Å². The van der Waals surface area contributed by atoms with E-state index in [1.54, 1.807) is 6.92 Å². The molecule has 1 saturated carbocycles. The van der Waals surface area contributed by atoms with E-state index in [1.165, 1.54) is 19.3 Å². The Bertz CT molecular complexity index is 1610. The average Bonchev–Trinajstić information content (AvgIpc) is 3.28. The van der Waals surface area contributed by atoms with Crippen LogP contribution in [-0.4, -0.2) is 114 Å². The van der Waals surface area contributed by atoms with E-state index in [4.69, 9.17) is 18.5 Å². The predicted octanol–water partition coefficient (Wildman–Crippen LogP) is 8.59. The van der Waals surface area contributed by atoms with E-state index >= 15 is 0 Å². The van der Waals surface area contributed by atoms with Gasteiger partial charge in [0.25, 0.3) is 0 Å². The zero-order valence-corrected chi connectivity index (χ0v) is 42.2. The second-order valence-electron chi connectivity index (χ2n) is 17.1. The number of carbonyl (C=O) groups is 2. The zero-order chi connectivity index (χ0) is 50.5. The molecule has 0 amide bonds. The normalized spacial score (nSPS) is 22.3. The number of hydrogen-bond donors (Lipinski definition) is 8. The van der Waals surface area contributed by atoms with Gasteiger partial charge in [-0.3, -0.25) is 23.2 Å². The van der Waals surface area contributed by atoms with E-state index in [0.717, 1.165) is 89.9 Å². The minimum absolute atomic E-state index is 0.0487. The third-order valence-corrected chi connectivity index (χ3v) is 12.3. The highest BCUT2D eigenvalue weighted by atomic mass is 31.2. The Balaban J connectivity index is 2.62. The number of carbonyl (C=O) groups excluding carboxylic acids is 2. The lowest BCUT2D eigenvalue weighted by atomic mass is 9.85. The monoisotopic (exact) mass is 1010 g/mol. The Morgan fingerprint density at radius 1 is 0.529 bits per heavy atom. The number of unbranched alkanes of at least 4 members (excludes halogenated alkanes) is 12. The van der Waals surface area contributed by atoms with Gasteiger partial charge in [0.05, 0.1) is 12.7 Å². The maximum Gasteiger partial charge on any atom is 0.472 e. The van der Waals surface area contributed by atoms with Crippen molar-refractivity contribution in [1.29, 1.82) is 0 Å². The van der Waals surface area contributed by atoms with Crippen molar-refractivity contribution >= 4 is 27.6 Å². The fourth-order valence-corrected chi connectivity index (χ4v) is 8.49. The second-order valence-corrected chi connectivity index (χ2v) is 19.7. The Hall–Kier alpha value is -2.60. The number of hydrogen-bond acceptors (Lipinski definition) is 14. The van der Waals surface area contributed by atoms with Crippen LogP contribution in [0, 0.1) is 0 Å². The fraction of sp³-hybridized carbons (Fsp3) is 0.714. The van der Waals surface area contributed by atoms with E-state index in [2.05, 4.69) is 66.1 Å². The molecule has 17 nitrogen and oxygen atoms in total. The molecule has 0 aromatic rings. The van der Waals surface area contributed by atoms with Crippen LogP contribution in [0.25, 0.3) is 0 Å². The SMILES string of the molecule is CCCCC/C=C\C/C=C\CCCCCCCCCC(=O)OC[C@H](COP(=O)(O)O[C@H]1C(O)C(O)C(O)[C@@H](OP(=O)(O)O)C1O)OC(=O)CCC/C=C\C/C=C\C/C=C\C/C=C\CCC[C@H](C)O. The molecule has 19 heteroatoms. The molecule has 0 heterocycles. The van der Waals surface area contributed by atoms with Crippen LogP contribution < -0.4 is 0 Å². The van der Waals surface area contributed by atoms with Crippen LogP contribution in [0.1, 0.15) is 162 Å². The summed E-state index contributed by atoms with van der Waals surface area (Å²) in [5.41, 5.74) is 0. The van der Waals surface area contributed by atoms with E-state index in [-0.39, 0.29) is 18.9 Å². The summed E-state index contributed by atoms with van der Waals surface area (Å²) < 4.78 is 49.3. The van der Waals surface area contributed by atoms with E-state index < -0.39 is 83.5 Å². The second kappa shape index (κ2) is 39.1. The molecule has 68 heavy (non-hydrogen) atoms. The maximum absolute atomic E-state index is 13.0. The van der Waals surface area contributed by atoms with Crippen LogP contribution in [0.4, 0.5) is 0 Å². The van der Waals surface area contributed by atoms with E-state index in [1.807, 2.05) is 18.2 Å². The van der Waals surface area contributed by atoms with Crippen molar-refractivity contribution in [2.45, 2.75) is 210 Å². The van der Waals surface area contributed by atoms with Crippen molar-refractivity contribution in [3.05, 3.63) is 72.9 Å². The Kier molecular flexibility index (Phi) is 36.4. The van der Waals surface area contributed by atoms with Crippen molar-refractivity contribution < 1.29 is 82.0 Å². The minimum atomic E-state index is -5.38. The van der Waals surface area contributed by atoms with Gasteiger partial charge in [0, 0.05) is 12.8 Å². The summed E-state index contributed by atoms with van der Waals surface area (Å²) >= 11 is 0. The van der Waals surface area contributed by atoms with Crippen LogP contribution in [0.3, 0.4) is 0 Å². The first kappa shape index (κ1) is 63.4. The molecule has 1 aliphatic carbocycles. The number of aliphatic hydroxyl groups excluding tert-OH is 5. The minimum Gasteiger partial charge on any atom is -0.462 e. The zero-order valence-electron chi connectivity index (χ0n) is 40.4. The average molecular weight is 1010 g/mol. The molecule has 1 aliphatic rings. The largest absolute Gasteiger partial charge is 0.472 e. The van der Waals surface area contributed by atoms with Crippen LogP contribution in [0.5, 0.6) is 0 Å². The van der Waals surface area contributed by atoms with Crippen molar-refractivity contribution in [2.24, 2.45) is 0 Å². The molecule has 9 atom stereocenters. The summed E-state index contributed by atoms with van der Waals surface area (Å²) in [6.07, 6.45) is 29.9. The lowest BCUT2D eigenvalue weighted by Crippen LogP contribution is -2.64. The van der Waals surface area contributed by atoms with Gasteiger partial charge in [0.1, 0.15) is 43.2 Å². The van der Waals surface area contributed by atoms with Gasteiger partial charge in [-0.15, -0.1) is 0 Å². The standard InChI is InChI=1S/C49H84O17P2/c1-3-4-5-6-7-8-9-10-11-12-15-18-21-24-27-30-33-36-42(51)62-38-41(39-63-68(60,61)66-49-46(55)44(53)45(54)48(47(49)56)65-67(57,58)59)64-43(52)37-34-31-28-25-22-19-16-13-14-17-20-23-26-29-32-35-40(2)50/h7-8,10-11,14,16-17,19,23,25-26,28,40-41,44-50,53-56H,3-6,9,12-13,15,18,20-22,24,27,29-39H2,1-2H3,(H,60,61)(H2,57,58,59)/b8-7-,11-10-,17-14-,19-16-,26-23-,28-25-/t40-,41+,44?,45?,46?,47?,48+,49-/m0/s1. The molecule has 1 rings (SSSR count). The van der Waals surface area contributed by atoms with Gasteiger partial charge >= 0.3 is 27.6 Å². The first-order valence-corrected chi connectivity index (χ1v) is 27.5. The molecule has 0 aliphatic heterocycles. The van der Waals surface area contributed by atoms with E-state index in [0.29, 0.717) is 25.7 Å². The van der Waals surface area contributed by atoms with Gasteiger partial charge < -0.3 is 49.7 Å². The first-order valence-electron chi connectivity index (χ1n) is 24.5. The predicted molar refractivity (Wildman–Crippen MR) is 261 cm³/mol. The number of rotatable bonds is 40. The van der Waals surface area contributed by atoms with Gasteiger partial charge in [0.2, 0.25) is 0 Å². The highest BCUT2D eigenvalue weighted by Crippen LogP contribution is 2.49. The number of aliphatic hydroxyl groups is 5. The molecule has 5 unspecified atom stereocenters. The van der Waals surface area contributed by atoms with Gasteiger partial charge in [-0.25, -0.2) is 9.13 Å². The van der Waals surface area contributed by atoms with Crippen molar-refractivity contribution in [3.8, 4) is 0 Å². The van der Waals surface area contributed by atoms with Crippen molar-refractivity contribution in [3.63, 3.8) is 0 Å². The third-order valence-electron chi connectivity index (χ3n) is 10.8. The lowest BCUT2D eigenvalue weighted by Gasteiger charge is -2.43. The summed E-state index contributed by atoms with van der Waals surface area (Å²) in [6, 6.07) is 0. The highest BCUT2D eigenvalue weighted by molar-refractivity contribution is 7.47. The fourth-order valence-electron chi connectivity index (χ4n) is 6.95. The van der Waals surface area contributed by atoms with Gasteiger partial charge in [0.15, 0.2) is 6.10 Å². The van der Waals surface area contributed by atoms with Crippen molar-refractivity contribution in [2.75, 3.05) is 13.2 Å². The first-order chi connectivity index (χ1) is 32.5. The molecule has 0 saturated heterocycles. The summed E-state index contributed by atoms with van der Waals surface area (Å²) in [5, 5.41) is 50.6. The number of phosphoric ester groups is 2. The molecule has 0 aromatic carbocycles. The molecule has 8 N–H and O–H groups in total. The molecule has 0 bridgehead atoms. The molecule has 0 aromatic heterocycles.